The van der Waals surface area contributed by atoms with E-state index in [9.17, 15) is 4.79 Å². The number of hydrogen-bond donors (Lipinski definition) is 1. The Labute approximate surface area is 156 Å². The summed E-state index contributed by atoms with van der Waals surface area (Å²) >= 11 is 3.53. The van der Waals surface area contributed by atoms with Crippen LogP contribution in [-0.2, 0) is 11.2 Å². The number of carbonyl (C=O) groups excluding carboxylic acids is 1. The molecule has 1 amide bonds. The van der Waals surface area contributed by atoms with Crippen molar-refractivity contribution in [3.63, 3.8) is 0 Å². The molecule has 0 spiro atoms. The lowest BCUT2D eigenvalue weighted by Crippen LogP contribution is -2.27. The van der Waals surface area contributed by atoms with Gasteiger partial charge in [-0.1, -0.05) is 40.2 Å². The lowest BCUT2D eigenvalue weighted by atomic mass is 10.1. The summed E-state index contributed by atoms with van der Waals surface area (Å²) in [6.45, 7) is 3.34. The Morgan fingerprint density at radius 1 is 1.16 bits per heavy atom. The summed E-state index contributed by atoms with van der Waals surface area (Å²) in [7, 11) is 0. The summed E-state index contributed by atoms with van der Waals surface area (Å²) in [5.41, 5.74) is 2.15. The number of benzene rings is 2. The number of nitrogens with one attached hydrogen (secondary N) is 1. The second kappa shape index (κ2) is 8.39. The minimum absolute atomic E-state index is 0.0353. The average molecular weight is 404 g/mol. The van der Waals surface area contributed by atoms with E-state index in [0.717, 1.165) is 33.5 Å². The molecule has 1 aliphatic rings. The topological polar surface area (TPSA) is 47.6 Å². The molecule has 1 aliphatic heterocycles. The van der Waals surface area contributed by atoms with Crippen LogP contribution in [0.15, 0.2) is 46.9 Å². The van der Waals surface area contributed by atoms with Crippen molar-refractivity contribution in [2.75, 3.05) is 13.2 Å². The zero-order chi connectivity index (χ0) is 17.6. The molecule has 0 fully saturated rings. The number of aryl methyl sites for hydroxylation is 1. The van der Waals surface area contributed by atoms with Gasteiger partial charge in [0.1, 0.15) is 0 Å². The highest BCUT2D eigenvalue weighted by molar-refractivity contribution is 9.10. The van der Waals surface area contributed by atoms with Gasteiger partial charge in [0, 0.05) is 17.3 Å². The number of hydrogen-bond acceptors (Lipinski definition) is 3. The first-order chi connectivity index (χ1) is 12.1. The van der Waals surface area contributed by atoms with Gasteiger partial charge in [-0.2, -0.15) is 0 Å². The SMILES string of the molecule is CC(NC(=O)CCc1ccc2c(c1)OCCCO2)c1ccccc1Br. The molecule has 0 radical (unpaired) electrons. The molecule has 25 heavy (non-hydrogen) atoms. The van der Waals surface area contributed by atoms with Crippen LogP contribution in [0.25, 0.3) is 0 Å². The molecule has 132 valence electrons. The van der Waals surface area contributed by atoms with Crippen LogP contribution in [0.3, 0.4) is 0 Å². The molecule has 5 heteroatoms. The number of amides is 1. The summed E-state index contributed by atoms with van der Waals surface area (Å²) < 4.78 is 12.3. The number of rotatable bonds is 5. The van der Waals surface area contributed by atoms with Crippen molar-refractivity contribution in [2.24, 2.45) is 0 Å². The van der Waals surface area contributed by atoms with E-state index >= 15 is 0 Å². The monoisotopic (exact) mass is 403 g/mol. The van der Waals surface area contributed by atoms with E-state index in [1.807, 2.05) is 49.4 Å². The first-order valence-electron chi connectivity index (χ1n) is 8.56. The summed E-state index contributed by atoms with van der Waals surface area (Å²) in [6.07, 6.45) is 2.00. The van der Waals surface area contributed by atoms with Gasteiger partial charge in [-0.3, -0.25) is 4.79 Å². The van der Waals surface area contributed by atoms with Crippen molar-refractivity contribution >= 4 is 21.8 Å². The van der Waals surface area contributed by atoms with Gasteiger partial charge in [0.15, 0.2) is 11.5 Å². The predicted molar refractivity (Wildman–Crippen MR) is 101 cm³/mol. The number of halogens is 1. The highest BCUT2D eigenvalue weighted by atomic mass is 79.9. The average Bonchev–Trinajstić information content (AvgIpc) is 2.85. The quantitative estimate of drug-likeness (QED) is 0.803. The Kier molecular flexibility index (Phi) is 5.97. The predicted octanol–water partition coefficient (Wildman–Crippen LogP) is 4.42. The summed E-state index contributed by atoms with van der Waals surface area (Å²) in [5.74, 6) is 1.60. The Morgan fingerprint density at radius 2 is 1.92 bits per heavy atom. The van der Waals surface area contributed by atoms with Gasteiger partial charge in [-0.15, -0.1) is 0 Å². The van der Waals surface area contributed by atoms with Crippen LogP contribution in [0, 0.1) is 0 Å². The number of fused-ring (bicyclic) bond motifs is 1. The van der Waals surface area contributed by atoms with Crippen LogP contribution >= 0.6 is 15.9 Å². The molecule has 2 aromatic carbocycles. The van der Waals surface area contributed by atoms with Gasteiger partial charge in [0.25, 0.3) is 0 Å². The minimum atomic E-state index is -0.0353. The molecule has 2 aromatic rings. The fourth-order valence-corrected chi connectivity index (χ4v) is 3.47. The maximum atomic E-state index is 12.3. The first-order valence-corrected chi connectivity index (χ1v) is 9.35. The molecule has 0 saturated carbocycles. The summed E-state index contributed by atoms with van der Waals surface area (Å²) in [4.78, 5) is 12.3. The van der Waals surface area contributed by atoms with E-state index in [4.69, 9.17) is 9.47 Å². The standard InChI is InChI=1S/C20H22BrNO3/c1-14(16-5-2-3-6-17(16)21)22-20(23)10-8-15-7-9-18-19(13-15)25-12-4-11-24-18/h2-3,5-7,9,13-14H,4,8,10-12H2,1H3,(H,22,23). The second-order valence-corrected chi connectivity index (χ2v) is 7.00. The molecule has 3 rings (SSSR count). The summed E-state index contributed by atoms with van der Waals surface area (Å²) in [5, 5.41) is 3.05. The van der Waals surface area contributed by atoms with Crippen molar-refractivity contribution < 1.29 is 14.3 Å². The number of carbonyl (C=O) groups is 1. The van der Waals surface area contributed by atoms with Crippen LogP contribution in [0.1, 0.15) is 36.9 Å². The lowest BCUT2D eigenvalue weighted by molar-refractivity contribution is -0.121. The molecule has 1 unspecified atom stereocenters. The molecule has 4 nitrogen and oxygen atoms in total. The number of ether oxygens (including phenoxy) is 2. The molecular formula is C20H22BrNO3. The van der Waals surface area contributed by atoms with E-state index in [0.29, 0.717) is 26.1 Å². The largest absolute Gasteiger partial charge is 0.490 e. The molecular weight excluding hydrogens is 382 g/mol. The van der Waals surface area contributed by atoms with Crippen molar-refractivity contribution in [1.29, 1.82) is 0 Å². The third-order valence-electron chi connectivity index (χ3n) is 4.20. The Morgan fingerprint density at radius 3 is 2.72 bits per heavy atom. The highest BCUT2D eigenvalue weighted by Gasteiger charge is 2.14. The fraction of sp³-hybridized carbons (Fsp3) is 0.350. The maximum Gasteiger partial charge on any atom is 0.220 e. The van der Waals surface area contributed by atoms with Gasteiger partial charge in [0.2, 0.25) is 5.91 Å². The zero-order valence-corrected chi connectivity index (χ0v) is 15.8. The molecule has 0 saturated heterocycles. The smallest absolute Gasteiger partial charge is 0.220 e. The molecule has 1 atom stereocenters. The van der Waals surface area contributed by atoms with E-state index in [-0.39, 0.29) is 11.9 Å². The van der Waals surface area contributed by atoms with Crippen molar-refractivity contribution in [1.82, 2.24) is 5.32 Å². The van der Waals surface area contributed by atoms with Crippen molar-refractivity contribution in [3.8, 4) is 11.5 Å². The van der Waals surface area contributed by atoms with Crippen LogP contribution < -0.4 is 14.8 Å². The van der Waals surface area contributed by atoms with Crippen LogP contribution in [0.5, 0.6) is 11.5 Å². The Balaban J connectivity index is 1.55. The van der Waals surface area contributed by atoms with Crippen LogP contribution in [-0.4, -0.2) is 19.1 Å². The van der Waals surface area contributed by atoms with Crippen molar-refractivity contribution in [3.05, 3.63) is 58.1 Å². The highest BCUT2D eigenvalue weighted by Crippen LogP contribution is 2.30. The molecule has 1 N–H and O–H groups in total. The third kappa shape index (κ3) is 4.75. The second-order valence-electron chi connectivity index (χ2n) is 6.14. The van der Waals surface area contributed by atoms with E-state index < -0.39 is 0 Å². The first kappa shape index (κ1) is 17.8. The lowest BCUT2D eigenvalue weighted by Gasteiger charge is -2.16. The van der Waals surface area contributed by atoms with Crippen LogP contribution in [0.2, 0.25) is 0 Å². The van der Waals surface area contributed by atoms with Gasteiger partial charge in [0.05, 0.1) is 19.3 Å². The normalized spacial score (nSPS) is 14.5. The van der Waals surface area contributed by atoms with Gasteiger partial charge in [-0.25, -0.2) is 0 Å². The van der Waals surface area contributed by atoms with Gasteiger partial charge < -0.3 is 14.8 Å². The molecule has 0 aromatic heterocycles. The van der Waals surface area contributed by atoms with Crippen molar-refractivity contribution in [2.45, 2.75) is 32.2 Å². The molecule has 0 aliphatic carbocycles. The van der Waals surface area contributed by atoms with E-state index in [2.05, 4.69) is 21.2 Å². The Hall–Kier alpha value is -2.01. The zero-order valence-electron chi connectivity index (χ0n) is 14.3. The third-order valence-corrected chi connectivity index (χ3v) is 4.92. The van der Waals surface area contributed by atoms with Gasteiger partial charge in [-0.05, 0) is 42.7 Å². The molecule has 1 heterocycles. The van der Waals surface area contributed by atoms with Crippen LogP contribution in [0.4, 0.5) is 0 Å². The van der Waals surface area contributed by atoms with E-state index in [1.54, 1.807) is 0 Å². The van der Waals surface area contributed by atoms with Gasteiger partial charge >= 0.3 is 0 Å². The fourth-order valence-electron chi connectivity index (χ4n) is 2.84. The van der Waals surface area contributed by atoms with E-state index in [1.165, 1.54) is 0 Å². The maximum absolute atomic E-state index is 12.3. The minimum Gasteiger partial charge on any atom is -0.490 e. The molecule has 0 bridgehead atoms. The summed E-state index contributed by atoms with van der Waals surface area (Å²) in [6, 6.07) is 13.8. The Bertz CT molecular complexity index is 747.